The molecule has 2 saturated heterocycles. The third-order valence-corrected chi connectivity index (χ3v) is 5.47. The molecule has 0 bridgehead atoms. The van der Waals surface area contributed by atoms with Crippen LogP contribution in [0.1, 0.15) is 38.5 Å². The van der Waals surface area contributed by atoms with Crippen LogP contribution in [-0.2, 0) is 9.47 Å². The van der Waals surface area contributed by atoms with Gasteiger partial charge in [0.2, 0.25) is 0 Å². The lowest BCUT2D eigenvalue weighted by molar-refractivity contribution is 0.00990. The fourth-order valence-electron chi connectivity index (χ4n) is 3.76. The van der Waals surface area contributed by atoms with E-state index < -0.39 is 0 Å². The van der Waals surface area contributed by atoms with E-state index >= 15 is 0 Å². The Balaban J connectivity index is 1.60. The quantitative estimate of drug-likeness (QED) is 0.409. The molecular weight excluding hydrogens is 316 g/mol. The van der Waals surface area contributed by atoms with Crippen molar-refractivity contribution < 1.29 is 9.47 Å². The van der Waals surface area contributed by atoms with Gasteiger partial charge in [-0.25, -0.2) is 0 Å². The van der Waals surface area contributed by atoms with Crippen LogP contribution in [0.15, 0.2) is 4.99 Å². The van der Waals surface area contributed by atoms with E-state index in [-0.39, 0.29) is 0 Å². The van der Waals surface area contributed by atoms with Crippen LogP contribution in [0.2, 0.25) is 0 Å². The summed E-state index contributed by atoms with van der Waals surface area (Å²) >= 11 is 0. The summed E-state index contributed by atoms with van der Waals surface area (Å²) in [4.78, 5) is 9.30. The highest BCUT2D eigenvalue weighted by atomic mass is 16.5. The molecule has 0 spiro atoms. The predicted molar refractivity (Wildman–Crippen MR) is 103 cm³/mol. The van der Waals surface area contributed by atoms with E-state index in [1.165, 1.54) is 32.4 Å². The Morgan fingerprint density at radius 3 is 2.44 bits per heavy atom. The van der Waals surface area contributed by atoms with Crippen LogP contribution in [0.5, 0.6) is 0 Å². The number of nitrogens with zero attached hydrogens (tertiary/aromatic N) is 3. The van der Waals surface area contributed by atoms with Gasteiger partial charge in [-0.05, 0) is 64.6 Å². The number of piperidine rings is 2. The molecule has 0 amide bonds. The Bertz CT molecular complexity index is 376. The van der Waals surface area contributed by atoms with Gasteiger partial charge in [-0.2, -0.15) is 0 Å². The summed E-state index contributed by atoms with van der Waals surface area (Å²) in [6.07, 6.45) is 7.48. The van der Waals surface area contributed by atoms with Crippen molar-refractivity contribution in [3.8, 4) is 0 Å². The minimum atomic E-state index is 0.394. The Labute approximate surface area is 153 Å². The molecule has 0 aliphatic carbocycles. The summed E-state index contributed by atoms with van der Waals surface area (Å²) in [7, 11) is 5.86. The normalized spacial score (nSPS) is 21.7. The average Bonchev–Trinajstić information content (AvgIpc) is 2.65. The molecular formula is C19H38N4O2. The molecule has 6 nitrogen and oxygen atoms in total. The Hall–Kier alpha value is -0.850. The van der Waals surface area contributed by atoms with Crippen molar-refractivity contribution in [2.75, 3.05) is 67.1 Å². The zero-order chi connectivity index (χ0) is 17.9. The molecule has 2 fully saturated rings. The minimum Gasteiger partial charge on any atom is -0.385 e. The fraction of sp³-hybridized carbons (Fsp3) is 0.947. The number of methoxy groups -OCH3 is 1. The van der Waals surface area contributed by atoms with Gasteiger partial charge in [-0.15, -0.1) is 0 Å². The van der Waals surface area contributed by atoms with E-state index in [1.807, 2.05) is 7.05 Å². The first-order chi connectivity index (χ1) is 12.2. The lowest BCUT2D eigenvalue weighted by Gasteiger charge is -2.34. The van der Waals surface area contributed by atoms with E-state index in [4.69, 9.17) is 9.47 Å². The van der Waals surface area contributed by atoms with Gasteiger partial charge in [0.25, 0.3) is 0 Å². The van der Waals surface area contributed by atoms with E-state index in [9.17, 15) is 0 Å². The summed E-state index contributed by atoms with van der Waals surface area (Å²) < 4.78 is 11.0. The molecule has 0 aromatic carbocycles. The van der Waals surface area contributed by atoms with Crippen molar-refractivity contribution in [2.24, 2.45) is 10.9 Å². The number of hydrogen-bond acceptors (Lipinski definition) is 4. The first kappa shape index (κ1) is 20.5. The van der Waals surface area contributed by atoms with Crippen LogP contribution in [0.3, 0.4) is 0 Å². The molecule has 0 unspecified atom stereocenters. The number of likely N-dealkylation sites (tertiary alicyclic amines) is 2. The van der Waals surface area contributed by atoms with Crippen LogP contribution in [0.4, 0.5) is 0 Å². The molecule has 0 atom stereocenters. The van der Waals surface area contributed by atoms with Crippen molar-refractivity contribution in [1.29, 1.82) is 0 Å². The highest BCUT2D eigenvalue weighted by Crippen LogP contribution is 2.19. The molecule has 6 heteroatoms. The maximum Gasteiger partial charge on any atom is 0.193 e. The average molecular weight is 355 g/mol. The Morgan fingerprint density at radius 2 is 1.80 bits per heavy atom. The van der Waals surface area contributed by atoms with Gasteiger partial charge in [0.05, 0.1) is 6.10 Å². The lowest BCUT2D eigenvalue weighted by atomic mass is 9.94. The summed E-state index contributed by atoms with van der Waals surface area (Å²) in [6, 6.07) is 0. The lowest BCUT2D eigenvalue weighted by Crippen LogP contribution is -2.47. The number of nitrogens with one attached hydrogen (secondary N) is 1. The number of rotatable bonds is 8. The Kier molecular flexibility index (Phi) is 9.58. The van der Waals surface area contributed by atoms with Gasteiger partial charge in [0.15, 0.2) is 5.96 Å². The maximum absolute atomic E-state index is 5.94. The number of hydrogen-bond donors (Lipinski definition) is 1. The summed E-state index contributed by atoms with van der Waals surface area (Å²) in [5.74, 6) is 1.93. The molecule has 146 valence electrons. The molecule has 25 heavy (non-hydrogen) atoms. The topological polar surface area (TPSA) is 49.3 Å². The molecule has 2 aliphatic rings. The Morgan fingerprint density at radius 1 is 1.08 bits per heavy atom. The van der Waals surface area contributed by atoms with E-state index in [1.54, 1.807) is 7.11 Å². The van der Waals surface area contributed by atoms with Crippen molar-refractivity contribution in [3.05, 3.63) is 0 Å². The summed E-state index contributed by atoms with van der Waals surface area (Å²) in [5, 5.41) is 3.58. The molecule has 2 rings (SSSR count). The van der Waals surface area contributed by atoms with Crippen LogP contribution >= 0.6 is 0 Å². The number of ether oxygens (including phenoxy) is 2. The molecule has 2 aliphatic heterocycles. The SMILES string of the molecule is CN=C(NCCC1CCN(C)CC1)N1CCC(OCCCOC)CC1. The van der Waals surface area contributed by atoms with Gasteiger partial charge in [-0.1, -0.05) is 0 Å². The monoisotopic (exact) mass is 354 g/mol. The van der Waals surface area contributed by atoms with E-state index in [0.717, 1.165) is 64.0 Å². The molecule has 0 aromatic heterocycles. The molecule has 2 heterocycles. The van der Waals surface area contributed by atoms with Crippen molar-refractivity contribution in [2.45, 2.75) is 44.6 Å². The van der Waals surface area contributed by atoms with Crippen LogP contribution in [-0.4, -0.2) is 89.0 Å². The largest absolute Gasteiger partial charge is 0.385 e. The summed E-state index contributed by atoms with van der Waals surface area (Å²) in [5.41, 5.74) is 0. The highest BCUT2D eigenvalue weighted by molar-refractivity contribution is 5.79. The first-order valence-corrected chi connectivity index (χ1v) is 9.97. The molecule has 0 aromatic rings. The van der Waals surface area contributed by atoms with Crippen molar-refractivity contribution in [1.82, 2.24) is 15.1 Å². The van der Waals surface area contributed by atoms with Crippen LogP contribution in [0.25, 0.3) is 0 Å². The first-order valence-electron chi connectivity index (χ1n) is 9.97. The minimum absolute atomic E-state index is 0.394. The van der Waals surface area contributed by atoms with E-state index in [2.05, 4.69) is 27.2 Å². The number of guanidine groups is 1. The van der Waals surface area contributed by atoms with Crippen LogP contribution in [0, 0.1) is 5.92 Å². The van der Waals surface area contributed by atoms with Gasteiger partial charge < -0.3 is 24.6 Å². The molecule has 1 N–H and O–H groups in total. The van der Waals surface area contributed by atoms with Gasteiger partial charge >= 0.3 is 0 Å². The van der Waals surface area contributed by atoms with Crippen LogP contribution < -0.4 is 5.32 Å². The highest BCUT2D eigenvalue weighted by Gasteiger charge is 2.22. The standard InChI is InChI=1S/C19H38N4O2/c1-20-19(21-10-5-17-6-11-22(2)12-7-17)23-13-8-18(9-14-23)25-16-4-15-24-3/h17-18H,4-16H2,1-3H3,(H,20,21). The van der Waals surface area contributed by atoms with E-state index in [0.29, 0.717) is 6.10 Å². The number of aliphatic imine (C=N–C) groups is 1. The second-order valence-electron chi connectivity index (χ2n) is 7.41. The summed E-state index contributed by atoms with van der Waals surface area (Å²) in [6.45, 7) is 7.18. The third-order valence-electron chi connectivity index (χ3n) is 5.47. The molecule has 0 radical (unpaired) electrons. The van der Waals surface area contributed by atoms with Gasteiger partial charge in [0, 0.05) is 47.0 Å². The smallest absolute Gasteiger partial charge is 0.193 e. The van der Waals surface area contributed by atoms with Gasteiger partial charge in [-0.3, -0.25) is 4.99 Å². The zero-order valence-electron chi connectivity index (χ0n) is 16.5. The molecule has 0 saturated carbocycles. The third kappa shape index (κ3) is 7.50. The van der Waals surface area contributed by atoms with Crippen molar-refractivity contribution in [3.63, 3.8) is 0 Å². The zero-order valence-corrected chi connectivity index (χ0v) is 16.5. The van der Waals surface area contributed by atoms with Crippen molar-refractivity contribution >= 4 is 5.96 Å². The maximum atomic E-state index is 5.94. The fourth-order valence-corrected chi connectivity index (χ4v) is 3.76. The second kappa shape index (κ2) is 11.7. The predicted octanol–water partition coefficient (Wildman–Crippen LogP) is 1.81. The second-order valence-corrected chi connectivity index (χ2v) is 7.41. The van der Waals surface area contributed by atoms with Gasteiger partial charge in [0.1, 0.15) is 0 Å².